The van der Waals surface area contributed by atoms with Crippen molar-refractivity contribution < 1.29 is 13.2 Å². The van der Waals surface area contributed by atoms with Gasteiger partial charge in [-0.2, -0.15) is 13.2 Å². The van der Waals surface area contributed by atoms with Gasteiger partial charge < -0.3 is 5.73 Å². The molecule has 1 fully saturated rings. The van der Waals surface area contributed by atoms with E-state index in [1.54, 1.807) is 6.20 Å². The summed E-state index contributed by atoms with van der Waals surface area (Å²) in [6, 6.07) is 3.79. The number of rotatable bonds is 3. The van der Waals surface area contributed by atoms with Crippen LogP contribution in [0.15, 0.2) is 18.3 Å². The van der Waals surface area contributed by atoms with Crippen molar-refractivity contribution >= 4 is 0 Å². The first-order valence-corrected chi connectivity index (χ1v) is 6.42. The van der Waals surface area contributed by atoms with E-state index in [9.17, 15) is 13.2 Å². The maximum absolute atomic E-state index is 12.5. The average molecular weight is 273 g/mol. The standard InChI is InChI=1S/C13H18F3N3/c14-13(15,16)11-3-5-19(6-4-11)9-12-2-1-10(7-17)8-18-12/h1-2,8,11H,3-7,9,17H2. The minimum Gasteiger partial charge on any atom is -0.326 e. The summed E-state index contributed by atoms with van der Waals surface area (Å²) in [7, 11) is 0. The first-order chi connectivity index (χ1) is 8.99. The number of likely N-dealkylation sites (tertiary alicyclic amines) is 1. The van der Waals surface area contributed by atoms with Crippen molar-refractivity contribution in [2.24, 2.45) is 11.7 Å². The number of hydrogen-bond acceptors (Lipinski definition) is 3. The molecule has 1 aromatic heterocycles. The topological polar surface area (TPSA) is 42.1 Å². The molecule has 6 heteroatoms. The van der Waals surface area contributed by atoms with Crippen molar-refractivity contribution in [3.8, 4) is 0 Å². The highest BCUT2D eigenvalue weighted by Gasteiger charge is 2.40. The van der Waals surface area contributed by atoms with Crippen LogP contribution >= 0.6 is 0 Å². The summed E-state index contributed by atoms with van der Waals surface area (Å²) in [5.41, 5.74) is 7.32. The number of nitrogens with zero attached hydrogens (tertiary/aromatic N) is 2. The van der Waals surface area contributed by atoms with Crippen molar-refractivity contribution in [3.63, 3.8) is 0 Å². The van der Waals surface area contributed by atoms with E-state index in [2.05, 4.69) is 4.98 Å². The first kappa shape index (κ1) is 14.3. The molecule has 0 bridgehead atoms. The van der Waals surface area contributed by atoms with Gasteiger partial charge in [0, 0.05) is 19.3 Å². The predicted molar refractivity (Wildman–Crippen MR) is 66.2 cm³/mol. The largest absolute Gasteiger partial charge is 0.391 e. The second-order valence-corrected chi connectivity index (χ2v) is 4.95. The molecular weight excluding hydrogens is 255 g/mol. The maximum atomic E-state index is 12.5. The summed E-state index contributed by atoms with van der Waals surface area (Å²) in [4.78, 5) is 6.29. The Morgan fingerprint density at radius 1 is 1.26 bits per heavy atom. The molecule has 2 N–H and O–H groups in total. The Kier molecular flexibility index (Phi) is 4.42. The Hall–Kier alpha value is -1.14. The molecule has 1 aliphatic heterocycles. The zero-order valence-corrected chi connectivity index (χ0v) is 10.7. The Balaban J connectivity index is 1.85. The highest BCUT2D eigenvalue weighted by Crippen LogP contribution is 2.34. The minimum atomic E-state index is -4.05. The highest BCUT2D eigenvalue weighted by molar-refractivity contribution is 5.13. The quantitative estimate of drug-likeness (QED) is 0.919. The van der Waals surface area contributed by atoms with Crippen LogP contribution in [0.4, 0.5) is 13.2 Å². The fraction of sp³-hybridized carbons (Fsp3) is 0.615. The molecule has 1 aliphatic rings. The van der Waals surface area contributed by atoms with E-state index in [1.807, 2.05) is 17.0 Å². The molecule has 0 aliphatic carbocycles. The van der Waals surface area contributed by atoms with Gasteiger partial charge in [0.2, 0.25) is 0 Å². The van der Waals surface area contributed by atoms with Crippen LogP contribution in [-0.4, -0.2) is 29.1 Å². The number of alkyl halides is 3. The molecule has 0 radical (unpaired) electrons. The molecule has 19 heavy (non-hydrogen) atoms. The summed E-state index contributed by atoms with van der Waals surface area (Å²) in [6.45, 7) is 2.01. The lowest BCUT2D eigenvalue weighted by atomic mass is 9.96. The summed E-state index contributed by atoms with van der Waals surface area (Å²) < 4.78 is 37.6. The molecule has 0 unspecified atom stereocenters. The van der Waals surface area contributed by atoms with E-state index in [0.29, 0.717) is 26.2 Å². The van der Waals surface area contributed by atoms with Crippen molar-refractivity contribution in [3.05, 3.63) is 29.6 Å². The van der Waals surface area contributed by atoms with Crippen molar-refractivity contribution in [2.45, 2.75) is 32.1 Å². The van der Waals surface area contributed by atoms with Gasteiger partial charge in [-0.25, -0.2) is 0 Å². The lowest BCUT2D eigenvalue weighted by molar-refractivity contribution is -0.185. The zero-order valence-electron chi connectivity index (χ0n) is 10.7. The Morgan fingerprint density at radius 3 is 2.42 bits per heavy atom. The third-order valence-corrected chi connectivity index (χ3v) is 3.56. The van der Waals surface area contributed by atoms with E-state index < -0.39 is 12.1 Å². The van der Waals surface area contributed by atoms with Gasteiger partial charge in [0.25, 0.3) is 0 Å². The Bertz CT molecular complexity index is 395. The van der Waals surface area contributed by atoms with Gasteiger partial charge in [-0.15, -0.1) is 0 Å². The van der Waals surface area contributed by atoms with E-state index in [1.165, 1.54) is 0 Å². The van der Waals surface area contributed by atoms with Crippen LogP contribution in [0.2, 0.25) is 0 Å². The molecule has 2 heterocycles. The van der Waals surface area contributed by atoms with Crippen LogP contribution in [-0.2, 0) is 13.1 Å². The van der Waals surface area contributed by atoms with Crippen molar-refractivity contribution in [1.29, 1.82) is 0 Å². The van der Waals surface area contributed by atoms with Crippen LogP contribution in [0.25, 0.3) is 0 Å². The molecule has 0 aromatic carbocycles. The van der Waals surface area contributed by atoms with Crippen LogP contribution in [0.1, 0.15) is 24.1 Å². The normalized spacial score (nSPS) is 18.7. The van der Waals surface area contributed by atoms with E-state index in [-0.39, 0.29) is 12.8 Å². The number of aromatic nitrogens is 1. The summed E-state index contributed by atoms with van der Waals surface area (Å²) in [5, 5.41) is 0. The Morgan fingerprint density at radius 2 is 1.95 bits per heavy atom. The molecule has 0 amide bonds. The van der Waals surface area contributed by atoms with Crippen LogP contribution < -0.4 is 5.73 Å². The lowest BCUT2D eigenvalue weighted by Gasteiger charge is -2.32. The number of pyridine rings is 1. The summed E-state index contributed by atoms with van der Waals surface area (Å²) >= 11 is 0. The zero-order chi connectivity index (χ0) is 13.9. The molecule has 0 atom stereocenters. The number of halogens is 3. The van der Waals surface area contributed by atoms with E-state index in [0.717, 1.165) is 11.3 Å². The molecule has 1 aromatic rings. The summed E-state index contributed by atoms with van der Waals surface area (Å²) in [5.74, 6) is -1.14. The third kappa shape index (κ3) is 3.91. The number of hydrogen-bond donors (Lipinski definition) is 1. The van der Waals surface area contributed by atoms with Crippen molar-refractivity contribution in [1.82, 2.24) is 9.88 Å². The fourth-order valence-electron chi connectivity index (χ4n) is 2.32. The van der Waals surface area contributed by atoms with Crippen LogP contribution in [0, 0.1) is 5.92 Å². The SMILES string of the molecule is NCc1ccc(CN2CCC(C(F)(F)F)CC2)nc1. The van der Waals surface area contributed by atoms with Crippen LogP contribution in [0.3, 0.4) is 0 Å². The molecule has 0 spiro atoms. The van der Waals surface area contributed by atoms with Gasteiger partial charge in [0.05, 0.1) is 11.6 Å². The number of nitrogens with two attached hydrogens (primary N) is 1. The molecule has 2 rings (SSSR count). The molecule has 3 nitrogen and oxygen atoms in total. The monoisotopic (exact) mass is 273 g/mol. The molecular formula is C13H18F3N3. The third-order valence-electron chi connectivity index (χ3n) is 3.56. The Labute approximate surface area is 110 Å². The predicted octanol–water partition coefficient (Wildman–Crippen LogP) is 2.31. The second kappa shape index (κ2) is 5.88. The fourth-order valence-corrected chi connectivity index (χ4v) is 2.32. The molecule has 106 valence electrons. The smallest absolute Gasteiger partial charge is 0.326 e. The summed E-state index contributed by atoms with van der Waals surface area (Å²) in [6.07, 6.45) is -1.96. The van der Waals surface area contributed by atoms with Gasteiger partial charge in [0.1, 0.15) is 0 Å². The molecule has 1 saturated heterocycles. The average Bonchev–Trinajstić information content (AvgIpc) is 2.39. The van der Waals surface area contributed by atoms with Gasteiger partial charge in [0.15, 0.2) is 0 Å². The van der Waals surface area contributed by atoms with Gasteiger partial charge >= 0.3 is 6.18 Å². The van der Waals surface area contributed by atoms with E-state index >= 15 is 0 Å². The van der Waals surface area contributed by atoms with Crippen LogP contribution in [0.5, 0.6) is 0 Å². The van der Waals surface area contributed by atoms with Gasteiger partial charge in [-0.3, -0.25) is 9.88 Å². The second-order valence-electron chi connectivity index (χ2n) is 4.95. The van der Waals surface area contributed by atoms with Gasteiger partial charge in [-0.05, 0) is 37.6 Å². The highest BCUT2D eigenvalue weighted by atomic mass is 19.4. The number of piperidine rings is 1. The van der Waals surface area contributed by atoms with Gasteiger partial charge in [-0.1, -0.05) is 6.07 Å². The maximum Gasteiger partial charge on any atom is 0.391 e. The minimum absolute atomic E-state index is 0.185. The molecule has 0 saturated carbocycles. The lowest BCUT2D eigenvalue weighted by Crippen LogP contribution is -2.38. The van der Waals surface area contributed by atoms with E-state index in [4.69, 9.17) is 5.73 Å². The van der Waals surface area contributed by atoms with Crippen molar-refractivity contribution in [2.75, 3.05) is 13.1 Å². The first-order valence-electron chi connectivity index (χ1n) is 6.42.